The van der Waals surface area contributed by atoms with Gasteiger partial charge in [-0.3, -0.25) is 9.69 Å². The predicted molar refractivity (Wildman–Crippen MR) is 116 cm³/mol. The summed E-state index contributed by atoms with van der Waals surface area (Å²) in [4.78, 5) is 16.1. The van der Waals surface area contributed by atoms with Gasteiger partial charge in [-0.15, -0.1) is 0 Å². The maximum Gasteiger partial charge on any atom is 0.252 e. The first kappa shape index (κ1) is 20.1. The number of amides is 1. The monoisotopic (exact) mass is 392 g/mol. The molecular formula is C25H32N2O2. The molecule has 1 N–H and O–H groups in total. The highest BCUT2D eigenvalue weighted by molar-refractivity contribution is 5.97. The minimum absolute atomic E-state index is 0.0282. The number of carbonyl (C=O) groups excluding carboxylic acids is 1. The molecule has 154 valence electrons. The second-order valence-electron chi connectivity index (χ2n) is 8.60. The number of nitrogens with one attached hydrogen (secondary N) is 1. The Bertz CT molecular complexity index is 836. The molecule has 1 amide bonds. The largest absolute Gasteiger partial charge is 0.383 e. The molecule has 4 rings (SSSR count). The normalized spacial score (nSPS) is 24.6. The van der Waals surface area contributed by atoms with Gasteiger partial charge in [0.1, 0.15) is 0 Å². The maximum atomic E-state index is 13.5. The number of carbonyl (C=O) groups is 1. The van der Waals surface area contributed by atoms with Crippen LogP contribution >= 0.6 is 0 Å². The number of methoxy groups -OCH3 is 1. The highest BCUT2D eigenvalue weighted by atomic mass is 16.5. The van der Waals surface area contributed by atoms with Crippen LogP contribution in [0.4, 0.5) is 0 Å². The van der Waals surface area contributed by atoms with E-state index >= 15 is 0 Å². The van der Waals surface area contributed by atoms with Gasteiger partial charge in [-0.05, 0) is 56.2 Å². The SMILES string of the molecule is COCCN1C2CCC1(C(NC(=O)c1c(C)cccc1C)c1ccccc1)CC2. The first-order valence-electron chi connectivity index (χ1n) is 10.7. The van der Waals surface area contributed by atoms with Gasteiger partial charge in [0, 0.05) is 30.8 Å². The lowest BCUT2D eigenvalue weighted by molar-refractivity contribution is 0.0637. The molecule has 29 heavy (non-hydrogen) atoms. The molecule has 0 aromatic heterocycles. The number of nitrogens with zero attached hydrogens (tertiary/aromatic N) is 1. The van der Waals surface area contributed by atoms with Crippen molar-refractivity contribution in [3.8, 4) is 0 Å². The van der Waals surface area contributed by atoms with Crippen molar-refractivity contribution in [1.82, 2.24) is 10.2 Å². The third-order valence-electron chi connectivity index (χ3n) is 7.02. The minimum Gasteiger partial charge on any atom is -0.383 e. The highest BCUT2D eigenvalue weighted by Crippen LogP contribution is 2.52. The molecule has 1 atom stereocenters. The Hall–Kier alpha value is -2.17. The van der Waals surface area contributed by atoms with Gasteiger partial charge in [-0.2, -0.15) is 0 Å². The van der Waals surface area contributed by atoms with Gasteiger partial charge in [-0.1, -0.05) is 48.5 Å². The third-order valence-corrected chi connectivity index (χ3v) is 7.02. The van der Waals surface area contributed by atoms with Crippen molar-refractivity contribution in [2.45, 2.75) is 57.2 Å². The molecule has 0 saturated carbocycles. The first-order chi connectivity index (χ1) is 14.1. The van der Waals surface area contributed by atoms with Crippen LogP contribution in [0.2, 0.25) is 0 Å². The summed E-state index contributed by atoms with van der Waals surface area (Å²) in [6, 6.07) is 17.1. The van der Waals surface area contributed by atoms with E-state index in [4.69, 9.17) is 4.74 Å². The van der Waals surface area contributed by atoms with Crippen LogP contribution in [-0.4, -0.2) is 42.6 Å². The molecule has 0 radical (unpaired) electrons. The Labute approximate surface area is 174 Å². The van der Waals surface area contributed by atoms with Crippen molar-refractivity contribution in [2.24, 2.45) is 0 Å². The summed E-state index contributed by atoms with van der Waals surface area (Å²) in [5.74, 6) is 0.0332. The van der Waals surface area contributed by atoms with E-state index in [0.29, 0.717) is 6.04 Å². The van der Waals surface area contributed by atoms with E-state index in [-0.39, 0.29) is 17.5 Å². The molecule has 0 spiro atoms. The van der Waals surface area contributed by atoms with Crippen molar-refractivity contribution >= 4 is 5.91 Å². The fourth-order valence-corrected chi connectivity index (χ4v) is 5.66. The van der Waals surface area contributed by atoms with Gasteiger partial charge in [0.2, 0.25) is 0 Å². The van der Waals surface area contributed by atoms with Crippen molar-refractivity contribution in [3.05, 3.63) is 70.8 Å². The summed E-state index contributed by atoms with van der Waals surface area (Å²) < 4.78 is 5.41. The average Bonchev–Trinajstić information content (AvgIpc) is 3.26. The molecule has 4 heteroatoms. The van der Waals surface area contributed by atoms with Crippen LogP contribution in [0.3, 0.4) is 0 Å². The fourth-order valence-electron chi connectivity index (χ4n) is 5.66. The molecule has 2 aliphatic rings. The van der Waals surface area contributed by atoms with Crippen LogP contribution in [0.1, 0.15) is 58.8 Å². The van der Waals surface area contributed by atoms with Crippen LogP contribution in [0.15, 0.2) is 48.5 Å². The second kappa shape index (κ2) is 8.29. The van der Waals surface area contributed by atoms with Crippen molar-refractivity contribution in [2.75, 3.05) is 20.3 Å². The van der Waals surface area contributed by atoms with E-state index in [0.717, 1.165) is 42.7 Å². The molecular weight excluding hydrogens is 360 g/mol. The lowest BCUT2D eigenvalue weighted by atomic mass is 9.78. The van der Waals surface area contributed by atoms with Crippen molar-refractivity contribution in [1.29, 1.82) is 0 Å². The number of benzene rings is 2. The summed E-state index contributed by atoms with van der Waals surface area (Å²) in [5.41, 5.74) is 4.02. The molecule has 2 aromatic carbocycles. The van der Waals surface area contributed by atoms with Crippen molar-refractivity contribution < 1.29 is 9.53 Å². The molecule has 2 heterocycles. The van der Waals surface area contributed by atoms with Crippen LogP contribution in [0.5, 0.6) is 0 Å². The Morgan fingerprint density at radius 2 is 1.76 bits per heavy atom. The molecule has 0 aliphatic carbocycles. The van der Waals surface area contributed by atoms with E-state index in [1.807, 2.05) is 38.1 Å². The molecule has 2 aromatic rings. The zero-order chi connectivity index (χ0) is 20.4. The van der Waals surface area contributed by atoms with E-state index in [1.54, 1.807) is 7.11 Å². The number of aryl methyl sites for hydroxylation is 2. The van der Waals surface area contributed by atoms with Gasteiger partial charge in [0.15, 0.2) is 0 Å². The van der Waals surface area contributed by atoms with Gasteiger partial charge >= 0.3 is 0 Å². The second-order valence-corrected chi connectivity index (χ2v) is 8.60. The van der Waals surface area contributed by atoms with Crippen LogP contribution in [-0.2, 0) is 4.74 Å². The van der Waals surface area contributed by atoms with E-state index in [9.17, 15) is 4.79 Å². The zero-order valence-corrected chi connectivity index (χ0v) is 17.8. The summed E-state index contributed by atoms with van der Waals surface area (Å²) in [6.07, 6.45) is 4.64. The van der Waals surface area contributed by atoms with E-state index in [1.165, 1.54) is 18.4 Å². The predicted octanol–water partition coefficient (Wildman–Crippen LogP) is 4.42. The summed E-state index contributed by atoms with van der Waals surface area (Å²) in [7, 11) is 1.77. The number of hydrogen-bond donors (Lipinski definition) is 1. The molecule has 2 bridgehead atoms. The van der Waals surface area contributed by atoms with E-state index in [2.05, 4.69) is 34.5 Å². The van der Waals surface area contributed by atoms with Crippen LogP contribution in [0.25, 0.3) is 0 Å². The maximum absolute atomic E-state index is 13.5. The number of hydrogen-bond acceptors (Lipinski definition) is 3. The number of ether oxygens (including phenoxy) is 1. The van der Waals surface area contributed by atoms with Gasteiger partial charge in [0.25, 0.3) is 5.91 Å². The lowest BCUT2D eigenvalue weighted by Crippen LogP contribution is -2.53. The topological polar surface area (TPSA) is 41.6 Å². The minimum atomic E-state index is -0.0310. The van der Waals surface area contributed by atoms with Crippen LogP contribution < -0.4 is 5.32 Å². The average molecular weight is 393 g/mol. The smallest absolute Gasteiger partial charge is 0.252 e. The summed E-state index contributed by atoms with van der Waals surface area (Å²) in [5, 5.41) is 3.48. The highest BCUT2D eigenvalue weighted by Gasteiger charge is 2.56. The summed E-state index contributed by atoms with van der Waals surface area (Å²) in [6.45, 7) is 5.68. The Morgan fingerprint density at radius 1 is 1.10 bits per heavy atom. The standard InChI is InChI=1S/C25H32N2O2/c1-18-8-7-9-19(2)22(18)24(28)26-23(20-10-5-4-6-11-20)25-14-12-21(13-15-25)27(25)16-17-29-3/h4-11,21,23H,12-17H2,1-3H3,(H,26,28). The Kier molecular flexibility index (Phi) is 5.75. The zero-order valence-electron chi connectivity index (χ0n) is 17.8. The molecule has 2 fully saturated rings. The van der Waals surface area contributed by atoms with Gasteiger partial charge < -0.3 is 10.1 Å². The van der Waals surface area contributed by atoms with Crippen LogP contribution in [0, 0.1) is 13.8 Å². The quantitative estimate of drug-likeness (QED) is 0.758. The van der Waals surface area contributed by atoms with Gasteiger partial charge in [0.05, 0.1) is 12.6 Å². The van der Waals surface area contributed by atoms with Crippen molar-refractivity contribution in [3.63, 3.8) is 0 Å². The molecule has 2 aliphatic heterocycles. The third kappa shape index (κ3) is 3.60. The van der Waals surface area contributed by atoms with E-state index < -0.39 is 0 Å². The fraction of sp³-hybridized carbons (Fsp3) is 0.480. The molecule has 2 saturated heterocycles. The Balaban J connectivity index is 1.71. The van der Waals surface area contributed by atoms with Gasteiger partial charge in [-0.25, -0.2) is 0 Å². The number of rotatable bonds is 7. The Morgan fingerprint density at radius 3 is 2.38 bits per heavy atom. The molecule has 4 nitrogen and oxygen atoms in total. The first-order valence-corrected chi connectivity index (χ1v) is 10.7. The number of fused-ring (bicyclic) bond motifs is 2. The lowest BCUT2D eigenvalue weighted by Gasteiger charge is -2.42. The summed E-state index contributed by atoms with van der Waals surface area (Å²) >= 11 is 0. The molecule has 1 unspecified atom stereocenters.